The summed E-state index contributed by atoms with van der Waals surface area (Å²) in [4.78, 5) is 35.3. The summed E-state index contributed by atoms with van der Waals surface area (Å²) in [7, 11) is 1.50. The fourth-order valence-corrected chi connectivity index (χ4v) is 1.97. The molecule has 0 atom stereocenters. The standard InChI is InChI=1S/C18H16N2O5/c1-25-14-9-7-12(8-10-14)16(21)11-15(18(23)24)19-20-17(22)13-5-3-2-4-6-13/h2-10H,11H2,1H3,(H,20,22)(H,23,24). The molecule has 0 fully saturated rings. The summed E-state index contributed by atoms with van der Waals surface area (Å²) in [5, 5.41) is 12.8. The van der Waals surface area contributed by atoms with Crippen LogP contribution in [-0.2, 0) is 4.79 Å². The molecule has 2 rings (SSSR count). The van der Waals surface area contributed by atoms with Crippen LogP contribution >= 0.6 is 0 Å². The molecule has 2 N–H and O–H groups in total. The van der Waals surface area contributed by atoms with Gasteiger partial charge in [-0.3, -0.25) is 9.59 Å². The van der Waals surface area contributed by atoms with E-state index < -0.39 is 29.8 Å². The van der Waals surface area contributed by atoms with Gasteiger partial charge in [0.25, 0.3) is 5.91 Å². The minimum Gasteiger partial charge on any atom is -0.497 e. The highest BCUT2D eigenvalue weighted by Gasteiger charge is 2.17. The number of ether oxygens (including phenoxy) is 1. The third-order valence-corrected chi connectivity index (χ3v) is 3.32. The first-order valence-corrected chi connectivity index (χ1v) is 7.33. The van der Waals surface area contributed by atoms with E-state index >= 15 is 0 Å². The first-order chi connectivity index (χ1) is 12.0. The molecule has 7 heteroatoms. The molecule has 0 heterocycles. The number of benzene rings is 2. The second-order valence-electron chi connectivity index (χ2n) is 5.00. The normalized spacial score (nSPS) is 10.8. The average Bonchev–Trinajstić information content (AvgIpc) is 2.65. The van der Waals surface area contributed by atoms with Gasteiger partial charge in [-0.1, -0.05) is 18.2 Å². The summed E-state index contributed by atoms with van der Waals surface area (Å²) in [6, 6.07) is 14.5. The molecule has 0 bridgehead atoms. The molecule has 0 aliphatic rings. The molecule has 0 saturated heterocycles. The Kier molecular flexibility index (Phi) is 6.00. The molecule has 1 amide bonds. The minimum absolute atomic E-state index is 0.323. The molecular weight excluding hydrogens is 324 g/mol. The number of Topliss-reactive ketones (excluding diaryl/α,β-unsaturated/α-hetero) is 1. The Balaban J connectivity index is 2.08. The number of hydrogen-bond acceptors (Lipinski definition) is 5. The van der Waals surface area contributed by atoms with E-state index in [-0.39, 0.29) is 0 Å². The van der Waals surface area contributed by atoms with Gasteiger partial charge in [-0.15, -0.1) is 0 Å². The number of rotatable bonds is 7. The number of hydrogen-bond donors (Lipinski definition) is 2. The van der Waals surface area contributed by atoms with Gasteiger partial charge in [0.2, 0.25) is 0 Å². The van der Waals surface area contributed by atoms with Gasteiger partial charge in [0.05, 0.1) is 13.5 Å². The Bertz CT molecular complexity index is 798. The largest absolute Gasteiger partial charge is 0.497 e. The van der Waals surface area contributed by atoms with Gasteiger partial charge in [-0.25, -0.2) is 10.2 Å². The number of nitrogens with one attached hydrogen (secondary N) is 1. The Morgan fingerprint density at radius 3 is 2.20 bits per heavy atom. The maximum Gasteiger partial charge on any atom is 0.352 e. The van der Waals surface area contributed by atoms with E-state index in [1.165, 1.54) is 19.2 Å². The van der Waals surface area contributed by atoms with Crippen molar-refractivity contribution >= 4 is 23.4 Å². The minimum atomic E-state index is -1.38. The second kappa shape index (κ2) is 8.39. The number of carbonyl (C=O) groups is 3. The highest BCUT2D eigenvalue weighted by atomic mass is 16.5. The summed E-state index contributed by atoms with van der Waals surface area (Å²) < 4.78 is 5.00. The van der Waals surface area contributed by atoms with Crippen molar-refractivity contribution in [1.82, 2.24) is 5.43 Å². The summed E-state index contributed by atoms with van der Waals surface area (Å²) in [6.45, 7) is 0. The van der Waals surface area contributed by atoms with Crippen molar-refractivity contribution in [2.24, 2.45) is 5.10 Å². The first-order valence-electron chi connectivity index (χ1n) is 7.33. The lowest BCUT2D eigenvalue weighted by atomic mass is 10.1. The number of carbonyl (C=O) groups excluding carboxylic acids is 2. The number of ketones is 1. The molecule has 2 aromatic carbocycles. The quantitative estimate of drug-likeness (QED) is 0.456. The number of carboxylic acids is 1. The maximum atomic E-state index is 12.2. The van der Waals surface area contributed by atoms with Gasteiger partial charge >= 0.3 is 5.97 Å². The molecule has 0 saturated carbocycles. The molecular formula is C18H16N2O5. The molecule has 0 spiro atoms. The smallest absolute Gasteiger partial charge is 0.352 e. The zero-order chi connectivity index (χ0) is 18.2. The SMILES string of the molecule is COc1ccc(C(=O)CC(=NNC(=O)c2ccccc2)C(=O)O)cc1. The van der Waals surface area contributed by atoms with Gasteiger partial charge < -0.3 is 9.84 Å². The Morgan fingerprint density at radius 1 is 1.00 bits per heavy atom. The molecule has 0 aliphatic heterocycles. The van der Waals surface area contributed by atoms with Crippen LogP contribution in [0.25, 0.3) is 0 Å². The van der Waals surface area contributed by atoms with Gasteiger partial charge in [-0.05, 0) is 36.4 Å². The lowest BCUT2D eigenvalue weighted by Crippen LogP contribution is -2.25. The molecule has 0 aliphatic carbocycles. The maximum absolute atomic E-state index is 12.2. The fraction of sp³-hybridized carbons (Fsp3) is 0.111. The number of aliphatic carboxylic acids is 1. The second-order valence-corrected chi connectivity index (χ2v) is 5.00. The number of amides is 1. The highest BCUT2D eigenvalue weighted by molar-refractivity contribution is 6.40. The number of nitrogens with zero attached hydrogens (tertiary/aromatic N) is 1. The van der Waals surface area contributed by atoms with Crippen LogP contribution in [0.4, 0.5) is 0 Å². The molecule has 128 valence electrons. The van der Waals surface area contributed by atoms with Crippen molar-refractivity contribution in [2.45, 2.75) is 6.42 Å². The van der Waals surface area contributed by atoms with Gasteiger partial charge in [0, 0.05) is 11.1 Å². The van der Waals surface area contributed by atoms with Crippen molar-refractivity contribution in [2.75, 3.05) is 7.11 Å². The van der Waals surface area contributed by atoms with E-state index in [1.807, 2.05) is 0 Å². The van der Waals surface area contributed by atoms with E-state index in [1.54, 1.807) is 42.5 Å². The monoisotopic (exact) mass is 340 g/mol. The van der Waals surface area contributed by atoms with Gasteiger partial charge in [0.1, 0.15) is 5.75 Å². The van der Waals surface area contributed by atoms with Crippen LogP contribution in [0.3, 0.4) is 0 Å². The zero-order valence-electron chi connectivity index (χ0n) is 13.4. The summed E-state index contributed by atoms with van der Waals surface area (Å²) >= 11 is 0. The van der Waals surface area contributed by atoms with Crippen molar-refractivity contribution in [3.05, 3.63) is 65.7 Å². The van der Waals surface area contributed by atoms with Crippen LogP contribution in [0.1, 0.15) is 27.1 Å². The van der Waals surface area contributed by atoms with E-state index in [4.69, 9.17) is 4.74 Å². The Labute approximate surface area is 143 Å². The van der Waals surface area contributed by atoms with Crippen molar-refractivity contribution in [3.8, 4) is 5.75 Å². The molecule has 0 unspecified atom stereocenters. The highest BCUT2D eigenvalue weighted by Crippen LogP contribution is 2.13. The molecule has 0 radical (unpaired) electrons. The number of methoxy groups -OCH3 is 1. The van der Waals surface area contributed by atoms with Crippen LogP contribution < -0.4 is 10.2 Å². The van der Waals surface area contributed by atoms with Gasteiger partial charge in [-0.2, -0.15) is 5.10 Å². The number of carboxylic acid groups (broad SMARTS) is 1. The predicted octanol–water partition coefficient (Wildman–Crippen LogP) is 2.14. The van der Waals surface area contributed by atoms with E-state index in [0.29, 0.717) is 16.9 Å². The van der Waals surface area contributed by atoms with Crippen LogP contribution in [-0.4, -0.2) is 35.6 Å². The van der Waals surface area contributed by atoms with Crippen LogP contribution in [0.2, 0.25) is 0 Å². The number of hydrazone groups is 1. The zero-order valence-corrected chi connectivity index (χ0v) is 13.4. The van der Waals surface area contributed by atoms with Crippen LogP contribution in [0, 0.1) is 0 Å². The van der Waals surface area contributed by atoms with Crippen molar-refractivity contribution in [1.29, 1.82) is 0 Å². The lowest BCUT2D eigenvalue weighted by Gasteiger charge is -2.04. The lowest BCUT2D eigenvalue weighted by molar-refractivity contribution is -0.129. The first kappa shape index (κ1) is 17.9. The van der Waals surface area contributed by atoms with Crippen LogP contribution in [0.15, 0.2) is 59.7 Å². The predicted molar refractivity (Wildman–Crippen MR) is 90.9 cm³/mol. The third kappa shape index (κ3) is 5.00. The Morgan fingerprint density at radius 2 is 1.64 bits per heavy atom. The van der Waals surface area contributed by atoms with E-state index in [2.05, 4.69) is 10.5 Å². The van der Waals surface area contributed by atoms with Crippen LogP contribution in [0.5, 0.6) is 5.75 Å². The summed E-state index contributed by atoms with van der Waals surface area (Å²) in [5.41, 5.74) is 2.35. The molecule has 25 heavy (non-hydrogen) atoms. The summed E-state index contributed by atoms with van der Waals surface area (Å²) in [6.07, 6.45) is -0.448. The van der Waals surface area contributed by atoms with E-state index in [9.17, 15) is 19.5 Å². The molecule has 7 nitrogen and oxygen atoms in total. The average molecular weight is 340 g/mol. The van der Waals surface area contributed by atoms with Crippen molar-refractivity contribution < 1.29 is 24.2 Å². The summed E-state index contributed by atoms with van der Waals surface area (Å²) in [5.74, 6) is -1.79. The van der Waals surface area contributed by atoms with E-state index in [0.717, 1.165) is 0 Å². The topological polar surface area (TPSA) is 105 Å². The third-order valence-electron chi connectivity index (χ3n) is 3.32. The molecule has 0 aromatic heterocycles. The Hall–Kier alpha value is -3.48. The fourth-order valence-electron chi connectivity index (χ4n) is 1.97. The van der Waals surface area contributed by atoms with Crippen molar-refractivity contribution in [3.63, 3.8) is 0 Å². The van der Waals surface area contributed by atoms with Gasteiger partial charge in [0.15, 0.2) is 11.5 Å². The molecule has 2 aromatic rings.